The van der Waals surface area contributed by atoms with E-state index < -0.39 is 0 Å². The molecule has 2 aromatic rings. The maximum absolute atomic E-state index is 12.5. The molecule has 1 aromatic heterocycles. The lowest BCUT2D eigenvalue weighted by molar-refractivity contribution is 0.0269. The second kappa shape index (κ2) is 10.8. The molecule has 1 saturated carbocycles. The van der Waals surface area contributed by atoms with Gasteiger partial charge in [-0.25, -0.2) is 9.87 Å². The average molecular weight is 403 g/mol. The number of carbonyl (C=O) groups excluding carboxylic acids is 1. The van der Waals surface area contributed by atoms with E-state index in [9.17, 15) is 14.0 Å². The molecular formula is C22H30FN3O3. The normalized spacial score (nSPS) is 14.1. The summed E-state index contributed by atoms with van der Waals surface area (Å²) >= 11 is 0. The minimum absolute atomic E-state index is 0.0297. The molecule has 0 radical (unpaired) electrons. The van der Waals surface area contributed by atoms with Gasteiger partial charge in [-0.2, -0.15) is 0 Å². The van der Waals surface area contributed by atoms with Crippen molar-refractivity contribution in [3.05, 3.63) is 63.3 Å². The lowest BCUT2D eigenvalue weighted by atomic mass is 10.1. The highest BCUT2D eigenvalue weighted by Gasteiger charge is 2.23. The molecule has 2 heterocycles. The molecule has 6 nitrogen and oxygen atoms in total. The lowest BCUT2D eigenvalue weighted by Gasteiger charge is -2.09. The van der Waals surface area contributed by atoms with Crippen molar-refractivity contribution in [1.29, 1.82) is 0 Å². The Bertz CT molecular complexity index is 891. The van der Waals surface area contributed by atoms with Crippen molar-refractivity contribution in [2.75, 3.05) is 12.3 Å². The zero-order valence-corrected chi connectivity index (χ0v) is 17.3. The van der Waals surface area contributed by atoms with E-state index in [1.807, 2.05) is 20.8 Å². The van der Waals surface area contributed by atoms with Gasteiger partial charge in [0.25, 0.3) is 11.5 Å². The van der Waals surface area contributed by atoms with Crippen LogP contribution in [0.3, 0.4) is 0 Å². The number of halogens is 1. The van der Waals surface area contributed by atoms with E-state index in [0.717, 1.165) is 24.1 Å². The Morgan fingerprint density at radius 1 is 1.28 bits per heavy atom. The molecule has 1 amide bonds. The second-order valence-corrected chi connectivity index (χ2v) is 7.00. The Morgan fingerprint density at radius 3 is 2.62 bits per heavy atom. The number of pyridine rings is 1. The minimum Gasteiger partial charge on any atom is -0.396 e. The molecule has 1 aliphatic carbocycles. The quantitative estimate of drug-likeness (QED) is 0.603. The molecule has 0 bridgehead atoms. The Morgan fingerprint density at radius 2 is 2.00 bits per heavy atom. The maximum Gasteiger partial charge on any atom is 0.276 e. The van der Waals surface area contributed by atoms with Crippen molar-refractivity contribution in [3.63, 3.8) is 0 Å². The van der Waals surface area contributed by atoms with Gasteiger partial charge in [0, 0.05) is 18.3 Å². The van der Waals surface area contributed by atoms with E-state index in [2.05, 4.69) is 5.48 Å². The highest BCUT2D eigenvalue weighted by molar-refractivity contribution is 5.94. The van der Waals surface area contributed by atoms with E-state index in [4.69, 9.17) is 10.6 Å². The number of hydrogen-bond donors (Lipinski definition) is 2. The number of hydroxylamine groups is 1. The van der Waals surface area contributed by atoms with Crippen LogP contribution in [0.1, 0.15) is 54.7 Å². The zero-order chi connectivity index (χ0) is 21.4. The highest BCUT2D eigenvalue weighted by atomic mass is 19.1. The van der Waals surface area contributed by atoms with Gasteiger partial charge >= 0.3 is 0 Å². The summed E-state index contributed by atoms with van der Waals surface area (Å²) in [6.07, 6.45) is 4.07. The second-order valence-electron chi connectivity index (χ2n) is 7.00. The molecule has 0 saturated heterocycles. The van der Waals surface area contributed by atoms with Gasteiger partial charge in [0.15, 0.2) is 0 Å². The molecule has 1 aromatic carbocycles. The largest absolute Gasteiger partial charge is 0.396 e. The maximum atomic E-state index is 12.5. The molecule has 0 atom stereocenters. The van der Waals surface area contributed by atoms with E-state index in [1.165, 1.54) is 25.0 Å². The molecule has 29 heavy (non-hydrogen) atoms. The van der Waals surface area contributed by atoms with Crippen LogP contribution in [0.4, 0.5) is 10.1 Å². The summed E-state index contributed by atoms with van der Waals surface area (Å²) in [6.45, 7) is 7.11. The van der Waals surface area contributed by atoms with Gasteiger partial charge in [0.05, 0.1) is 17.9 Å². The number of rotatable bonds is 4. The fourth-order valence-corrected chi connectivity index (χ4v) is 2.94. The van der Waals surface area contributed by atoms with Gasteiger partial charge < -0.3 is 10.3 Å². The van der Waals surface area contributed by atoms with Crippen molar-refractivity contribution in [3.8, 4) is 0 Å². The first-order valence-electron chi connectivity index (χ1n) is 10.1. The van der Waals surface area contributed by atoms with Gasteiger partial charge in [-0.05, 0) is 62.3 Å². The van der Waals surface area contributed by atoms with E-state index in [-0.39, 0.29) is 23.0 Å². The van der Waals surface area contributed by atoms with Crippen LogP contribution < -0.4 is 16.8 Å². The molecule has 0 unspecified atom stereocenters. The molecule has 3 N–H and O–H groups in total. The molecule has 7 heteroatoms. The Kier molecular flexibility index (Phi) is 8.39. The summed E-state index contributed by atoms with van der Waals surface area (Å²) in [4.78, 5) is 28.7. The Labute approximate surface area is 170 Å². The van der Waals surface area contributed by atoms with Crippen LogP contribution in [0.2, 0.25) is 0 Å². The number of nitrogens with one attached hydrogen (secondary N) is 1. The number of hydrogen-bond acceptors (Lipinski definition) is 4. The zero-order valence-electron chi connectivity index (χ0n) is 17.3. The topological polar surface area (TPSA) is 86.4 Å². The molecule has 1 fully saturated rings. The number of benzene rings is 1. The fraction of sp³-hybridized carbons (Fsp3) is 0.455. The third-order valence-electron chi connectivity index (χ3n) is 4.67. The van der Waals surface area contributed by atoms with Crippen molar-refractivity contribution < 1.29 is 14.0 Å². The Balaban J connectivity index is 0.000000231. The summed E-state index contributed by atoms with van der Waals surface area (Å²) in [5.41, 5.74) is 10.1. The molecule has 4 rings (SSSR count). The van der Waals surface area contributed by atoms with Crippen molar-refractivity contribution >= 4 is 11.6 Å². The highest BCUT2D eigenvalue weighted by Crippen LogP contribution is 2.28. The smallest absolute Gasteiger partial charge is 0.276 e. The standard InChI is InChI=1S/C13H16N2O3.C7H8FN.C2H6/c16-12-6-5-10(11-2-1-7-15(11)12)13(17)14-18-8-9-3-4-9;1-5-2-3-7(9)6(8)4-5;1-2/h5-6,9H,1-4,7-8H2,(H,14,17);2-4H,9H2,1H3;1-2H3. The number of nitrogens with zero attached hydrogens (tertiary/aromatic N) is 1. The minimum atomic E-state index is -0.338. The van der Waals surface area contributed by atoms with Crippen LogP contribution in [0, 0.1) is 18.7 Å². The molecule has 1 aliphatic heterocycles. The molecule has 2 aliphatic rings. The Hall–Kier alpha value is -2.67. The van der Waals surface area contributed by atoms with Crippen LogP contribution >= 0.6 is 0 Å². The van der Waals surface area contributed by atoms with Crippen LogP contribution in [-0.2, 0) is 17.8 Å². The fourth-order valence-electron chi connectivity index (χ4n) is 2.94. The van der Waals surface area contributed by atoms with Crippen molar-refractivity contribution in [1.82, 2.24) is 10.0 Å². The van der Waals surface area contributed by atoms with Gasteiger partial charge in [-0.3, -0.25) is 14.4 Å². The first kappa shape index (κ1) is 22.6. The number of aromatic nitrogens is 1. The molecular weight excluding hydrogens is 373 g/mol. The monoisotopic (exact) mass is 403 g/mol. The predicted molar refractivity (Wildman–Crippen MR) is 112 cm³/mol. The summed E-state index contributed by atoms with van der Waals surface area (Å²) in [6, 6.07) is 7.79. The van der Waals surface area contributed by atoms with Gasteiger partial charge in [0.1, 0.15) is 5.82 Å². The van der Waals surface area contributed by atoms with Crippen molar-refractivity contribution in [2.45, 2.75) is 53.0 Å². The van der Waals surface area contributed by atoms with Crippen LogP contribution in [0.25, 0.3) is 0 Å². The third-order valence-corrected chi connectivity index (χ3v) is 4.67. The number of nitrogens with two attached hydrogens (primary N) is 1. The summed E-state index contributed by atoms with van der Waals surface area (Å²) < 4.78 is 14.1. The number of aryl methyl sites for hydroxylation is 1. The third kappa shape index (κ3) is 6.42. The SMILES string of the molecule is CC.Cc1ccc(N)c(F)c1.O=C(NOCC1CC1)c1ccc(=O)n2c1CCC2. The summed E-state index contributed by atoms with van der Waals surface area (Å²) in [5, 5.41) is 0. The summed E-state index contributed by atoms with van der Waals surface area (Å²) in [7, 11) is 0. The van der Waals surface area contributed by atoms with E-state index >= 15 is 0 Å². The summed E-state index contributed by atoms with van der Waals surface area (Å²) in [5.74, 6) is 0.0192. The number of anilines is 1. The molecule has 158 valence electrons. The number of nitrogen functional groups attached to an aromatic ring is 1. The number of fused-ring (bicyclic) bond motifs is 1. The average Bonchev–Trinajstić information content (AvgIpc) is 3.40. The van der Waals surface area contributed by atoms with E-state index in [0.29, 0.717) is 24.6 Å². The number of amides is 1. The molecule has 0 spiro atoms. The van der Waals surface area contributed by atoms with Crippen LogP contribution in [0.15, 0.2) is 35.1 Å². The predicted octanol–water partition coefficient (Wildman–Crippen LogP) is 3.61. The first-order valence-corrected chi connectivity index (χ1v) is 10.1. The van der Waals surface area contributed by atoms with Gasteiger partial charge in [-0.15, -0.1) is 0 Å². The van der Waals surface area contributed by atoms with E-state index in [1.54, 1.807) is 22.8 Å². The van der Waals surface area contributed by atoms with Crippen molar-refractivity contribution in [2.24, 2.45) is 5.92 Å². The van der Waals surface area contributed by atoms with Crippen LogP contribution in [-0.4, -0.2) is 17.1 Å². The van der Waals surface area contributed by atoms with Gasteiger partial charge in [0.2, 0.25) is 0 Å². The number of carbonyl (C=O) groups is 1. The van der Waals surface area contributed by atoms with Gasteiger partial charge in [-0.1, -0.05) is 19.9 Å². The lowest BCUT2D eigenvalue weighted by Crippen LogP contribution is -2.28. The first-order chi connectivity index (χ1) is 14.0. The van der Waals surface area contributed by atoms with Crippen LogP contribution in [0.5, 0.6) is 0 Å².